The Bertz CT molecular complexity index is 256. The highest BCUT2D eigenvalue weighted by molar-refractivity contribution is 5.63. The number of nitrogens with two attached hydrogens (primary N) is 1. The molecule has 0 amide bonds. The second kappa shape index (κ2) is 3.68. The SMILES string of the molecule is C/N=N\c1ccccc1NN. The summed E-state index contributed by atoms with van der Waals surface area (Å²) in [5.41, 5.74) is 4.05. The van der Waals surface area contributed by atoms with Crippen LogP contribution in [-0.2, 0) is 0 Å². The van der Waals surface area contributed by atoms with Crippen molar-refractivity contribution >= 4 is 11.4 Å². The molecule has 0 saturated heterocycles. The van der Waals surface area contributed by atoms with E-state index in [1.807, 2.05) is 24.3 Å². The minimum atomic E-state index is 0.748. The molecule has 0 fully saturated rings. The van der Waals surface area contributed by atoms with E-state index >= 15 is 0 Å². The first kappa shape index (κ1) is 7.68. The van der Waals surface area contributed by atoms with Crippen LogP contribution in [0.5, 0.6) is 0 Å². The number of anilines is 1. The quantitative estimate of drug-likeness (QED) is 0.383. The monoisotopic (exact) mass is 150 g/mol. The van der Waals surface area contributed by atoms with Crippen molar-refractivity contribution in [2.45, 2.75) is 0 Å². The van der Waals surface area contributed by atoms with Crippen molar-refractivity contribution in [3.63, 3.8) is 0 Å². The van der Waals surface area contributed by atoms with Crippen LogP contribution >= 0.6 is 0 Å². The lowest BCUT2D eigenvalue weighted by Crippen LogP contribution is -2.06. The first-order valence-electron chi connectivity index (χ1n) is 3.24. The van der Waals surface area contributed by atoms with Crippen LogP contribution in [0.25, 0.3) is 0 Å². The van der Waals surface area contributed by atoms with E-state index in [4.69, 9.17) is 5.84 Å². The molecule has 11 heavy (non-hydrogen) atoms. The van der Waals surface area contributed by atoms with Gasteiger partial charge in [-0.2, -0.15) is 10.2 Å². The van der Waals surface area contributed by atoms with Crippen molar-refractivity contribution in [1.29, 1.82) is 0 Å². The zero-order valence-electron chi connectivity index (χ0n) is 6.28. The standard InChI is InChI=1S/C7H10N4/c1-9-11-7-5-3-2-4-6(7)10-8/h2-5,10H,8H2,1H3/b11-9-. The Labute approximate surface area is 65.1 Å². The molecule has 4 heteroatoms. The van der Waals surface area contributed by atoms with Gasteiger partial charge < -0.3 is 5.43 Å². The molecule has 0 spiro atoms. The van der Waals surface area contributed by atoms with Gasteiger partial charge in [0.2, 0.25) is 0 Å². The first-order valence-corrected chi connectivity index (χ1v) is 3.24. The smallest absolute Gasteiger partial charge is 0.110 e. The Morgan fingerprint density at radius 1 is 1.36 bits per heavy atom. The lowest BCUT2D eigenvalue weighted by molar-refractivity contribution is 1.16. The minimum absolute atomic E-state index is 0.748. The highest BCUT2D eigenvalue weighted by atomic mass is 15.2. The molecular formula is C7H10N4. The molecule has 0 aromatic heterocycles. The van der Waals surface area contributed by atoms with Gasteiger partial charge in [-0.25, -0.2) is 0 Å². The third-order valence-electron chi connectivity index (χ3n) is 1.27. The summed E-state index contributed by atoms with van der Waals surface area (Å²) in [6.07, 6.45) is 0. The average molecular weight is 150 g/mol. The van der Waals surface area contributed by atoms with Gasteiger partial charge in [-0.15, -0.1) is 0 Å². The molecule has 0 unspecified atom stereocenters. The highest BCUT2D eigenvalue weighted by Crippen LogP contribution is 2.22. The molecule has 1 aromatic rings. The molecule has 0 aliphatic heterocycles. The molecular weight excluding hydrogens is 140 g/mol. The van der Waals surface area contributed by atoms with E-state index in [2.05, 4.69) is 15.7 Å². The van der Waals surface area contributed by atoms with Crippen LogP contribution in [0.1, 0.15) is 0 Å². The Balaban J connectivity index is 3.02. The second-order valence-corrected chi connectivity index (χ2v) is 1.96. The molecule has 1 rings (SSSR count). The van der Waals surface area contributed by atoms with Gasteiger partial charge in [-0.05, 0) is 12.1 Å². The number of nitrogen functional groups attached to an aromatic ring is 1. The van der Waals surface area contributed by atoms with E-state index in [-0.39, 0.29) is 0 Å². The predicted molar refractivity (Wildman–Crippen MR) is 44.7 cm³/mol. The number of benzene rings is 1. The molecule has 0 radical (unpaired) electrons. The van der Waals surface area contributed by atoms with E-state index in [1.54, 1.807) is 7.05 Å². The van der Waals surface area contributed by atoms with E-state index in [0.29, 0.717) is 0 Å². The van der Waals surface area contributed by atoms with Crippen LogP contribution in [0.2, 0.25) is 0 Å². The van der Waals surface area contributed by atoms with Crippen molar-refractivity contribution in [2.24, 2.45) is 16.1 Å². The Kier molecular flexibility index (Phi) is 2.57. The zero-order valence-corrected chi connectivity index (χ0v) is 6.28. The topological polar surface area (TPSA) is 62.8 Å². The van der Waals surface area contributed by atoms with Crippen molar-refractivity contribution in [3.8, 4) is 0 Å². The van der Waals surface area contributed by atoms with Crippen LogP contribution in [0.3, 0.4) is 0 Å². The first-order chi connectivity index (χ1) is 5.38. The summed E-state index contributed by atoms with van der Waals surface area (Å²) in [7, 11) is 1.62. The Morgan fingerprint density at radius 3 is 2.73 bits per heavy atom. The number of hydrazine groups is 1. The summed E-state index contributed by atoms with van der Waals surface area (Å²) >= 11 is 0. The second-order valence-electron chi connectivity index (χ2n) is 1.96. The molecule has 0 bridgehead atoms. The van der Waals surface area contributed by atoms with E-state index in [1.165, 1.54) is 0 Å². The van der Waals surface area contributed by atoms with Gasteiger partial charge in [0.15, 0.2) is 0 Å². The highest BCUT2D eigenvalue weighted by Gasteiger charge is 1.95. The van der Waals surface area contributed by atoms with Crippen molar-refractivity contribution in [2.75, 3.05) is 12.5 Å². The lowest BCUT2D eigenvalue weighted by atomic mass is 10.3. The number of hydrogen-bond acceptors (Lipinski definition) is 4. The van der Waals surface area contributed by atoms with Gasteiger partial charge in [-0.1, -0.05) is 12.1 Å². The largest absolute Gasteiger partial charge is 0.322 e. The maximum atomic E-state index is 5.23. The molecule has 58 valence electrons. The third kappa shape index (κ3) is 1.75. The lowest BCUT2D eigenvalue weighted by Gasteiger charge is -2.00. The average Bonchev–Trinajstić information content (AvgIpc) is 2.06. The Morgan fingerprint density at radius 2 is 2.09 bits per heavy atom. The predicted octanol–water partition coefficient (Wildman–Crippen LogP) is 1.69. The number of azo groups is 1. The molecule has 0 aliphatic rings. The number of hydrogen-bond donors (Lipinski definition) is 2. The zero-order chi connectivity index (χ0) is 8.10. The van der Waals surface area contributed by atoms with Crippen molar-refractivity contribution in [1.82, 2.24) is 0 Å². The van der Waals surface area contributed by atoms with Crippen molar-refractivity contribution < 1.29 is 0 Å². The summed E-state index contributed by atoms with van der Waals surface area (Å²) < 4.78 is 0. The molecule has 3 N–H and O–H groups in total. The summed E-state index contributed by atoms with van der Waals surface area (Å²) in [4.78, 5) is 0. The fourth-order valence-corrected chi connectivity index (χ4v) is 0.791. The molecule has 1 aromatic carbocycles. The summed E-state index contributed by atoms with van der Waals surface area (Å²) in [5, 5.41) is 7.50. The van der Waals surface area contributed by atoms with Crippen LogP contribution in [0, 0.1) is 0 Å². The number of nitrogens with zero attached hydrogens (tertiary/aromatic N) is 2. The maximum absolute atomic E-state index is 5.23. The maximum Gasteiger partial charge on any atom is 0.110 e. The van der Waals surface area contributed by atoms with Gasteiger partial charge >= 0.3 is 0 Å². The molecule has 0 aliphatic carbocycles. The van der Waals surface area contributed by atoms with Crippen molar-refractivity contribution in [3.05, 3.63) is 24.3 Å². The minimum Gasteiger partial charge on any atom is -0.322 e. The number of rotatable bonds is 2. The van der Waals surface area contributed by atoms with Gasteiger partial charge in [0, 0.05) is 7.05 Å². The fraction of sp³-hybridized carbons (Fsp3) is 0.143. The van der Waals surface area contributed by atoms with Crippen LogP contribution in [-0.4, -0.2) is 7.05 Å². The summed E-state index contributed by atoms with van der Waals surface area (Å²) in [5.74, 6) is 5.23. The number of para-hydroxylation sites is 1. The molecule has 4 nitrogen and oxygen atoms in total. The van der Waals surface area contributed by atoms with Gasteiger partial charge in [0.25, 0.3) is 0 Å². The summed E-state index contributed by atoms with van der Waals surface area (Å²) in [6.45, 7) is 0. The van der Waals surface area contributed by atoms with E-state index < -0.39 is 0 Å². The molecule has 0 heterocycles. The van der Waals surface area contributed by atoms with Crippen LogP contribution in [0.4, 0.5) is 11.4 Å². The molecule has 0 atom stereocenters. The van der Waals surface area contributed by atoms with E-state index in [9.17, 15) is 0 Å². The van der Waals surface area contributed by atoms with Gasteiger partial charge in [-0.3, -0.25) is 5.84 Å². The van der Waals surface area contributed by atoms with E-state index in [0.717, 1.165) is 11.4 Å². The molecule has 0 saturated carbocycles. The number of nitrogens with one attached hydrogen (secondary N) is 1. The normalized spacial score (nSPS) is 10.4. The fourth-order valence-electron chi connectivity index (χ4n) is 0.791. The summed E-state index contributed by atoms with van der Waals surface area (Å²) in [6, 6.07) is 7.43. The van der Waals surface area contributed by atoms with Gasteiger partial charge in [0.05, 0.1) is 5.69 Å². The third-order valence-corrected chi connectivity index (χ3v) is 1.27. The van der Waals surface area contributed by atoms with Crippen LogP contribution < -0.4 is 11.3 Å². The van der Waals surface area contributed by atoms with Crippen LogP contribution in [0.15, 0.2) is 34.5 Å². The van der Waals surface area contributed by atoms with Gasteiger partial charge in [0.1, 0.15) is 5.69 Å². The Hall–Kier alpha value is -1.42.